The van der Waals surface area contributed by atoms with Crippen LogP contribution >= 0.6 is 11.6 Å². The van der Waals surface area contributed by atoms with E-state index >= 15 is 0 Å². The molecule has 1 aliphatic heterocycles. The van der Waals surface area contributed by atoms with E-state index in [1.165, 1.54) is 0 Å². The van der Waals surface area contributed by atoms with Crippen LogP contribution in [0.1, 0.15) is 23.7 Å². The van der Waals surface area contributed by atoms with Crippen molar-refractivity contribution in [1.82, 2.24) is 0 Å². The van der Waals surface area contributed by atoms with Crippen LogP contribution in [0, 0.1) is 5.92 Å². The number of esters is 1. The number of hydrogen-bond acceptors (Lipinski definition) is 4. The third kappa shape index (κ3) is 2.64. The molecule has 0 N–H and O–H groups in total. The second kappa shape index (κ2) is 5.40. The molecule has 0 saturated heterocycles. The Bertz CT molecular complexity index is 484. The van der Waals surface area contributed by atoms with Crippen molar-refractivity contribution < 1.29 is 19.1 Å². The second-order valence-corrected chi connectivity index (χ2v) is 4.46. The summed E-state index contributed by atoms with van der Waals surface area (Å²) in [5.41, 5.74) is 0.433. The molecule has 0 radical (unpaired) electrons. The highest BCUT2D eigenvalue weighted by atomic mass is 35.5. The van der Waals surface area contributed by atoms with Crippen LogP contribution in [0.25, 0.3) is 0 Å². The predicted molar refractivity (Wildman–Crippen MR) is 66.0 cm³/mol. The highest BCUT2D eigenvalue weighted by Crippen LogP contribution is 2.30. The summed E-state index contributed by atoms with van der Waals surface area (Å²) in [4.78, 5) is 23.5. The van der Waals surface area contributed by atoms with Crippen molar-refractivity contribution in [2.75, 3.05) is 13.2 Å². The Morgan fingerprint density at radius 1 is 1.56 bits per heavy atom. The molecular formula is C13H13ClO4. The maximum Gasteiger partial charge on any atom is 0.306 e. The molecule has 0 unspecified atom stereocenters. The summed E-state index contributed by atoms with van der Waals surface area (Å²) < 4.78 is 10.3. The average molecular weight is 269 g/mol. The molecule has 0 bridgehead atoms. The molecule has 0 aromatic heterocycles. The van der Waals surface area contributed by atoms with Gasteiger partial charge in [-0.1, -0.05) is 11.6 Å². The lowest BCUT2D eigenvalue weighted by Gasteiger charge is -2.23. The number of rotatable bonds is 3. The van der Waals surface area contributed by atoms with E-state index < -0.39 is 5.92 Å². The Morgan fingerprint density at radius 3 is 3.06 bits per heavy atom. The highest BCUT2D eigenvalue weighted by molar-refractivity contribution is 6.31. The van der Waals surface area contributed by atoms with Gasteiger partial charge >= 0.3 is 5.97 Å². The Hall–Kier alpha value is -1.55. The molecule has 1 heterocycles. The number of carbonyl (C=O) groups excluding carboxylic acids is 2. The Morgan fingerprint density at radius 2 is 2.33 bits per heavy atom. The fraction of sp³-hybridized carbons (Fsp3) is 0.385. The summed E-state index contributed by atoms with van der Waals surface area (Å²) in [5.74, 6) is -0.476. The van der Waals surface area contributed by atoms with Gasteiger partial charge in [0, 0.05) is 5.02 Å². The van der Waals surface area contributed by atoms with Crippen LogP contribution in [0.3, 0.4) is 0 Å². The second-order valence-electron chi connectivity index (χ2n) is 4.02. The minimum atomic E-state index is -0.491. The highest BCUT2D eigenvalue weighted by Gasteiger charge is 2.31. The Kier molecular flexibility index (Phi) is 3.87. The number of Topliss-reactive ketones (excluding diaryl/α,β-unsaturated/α-hetero) is 1. The van der Waals surface area contributed by atoms with E-state index in [9.17, 15) is 9.59 Å². The van der Waals surface area contributed by atoms with Gasteiger partial charge in [-0.25, -0.2) is 0 Å². The third-order valence-corrected chi connectivity index (χ3v) is 2.97. The van der Waals surface area contributed by atoms with Gasteiger partial charge in [0.1, 0.15) is 5.75 Å². The molecule has 1 atom stereocenters. The summed E-state index contributed by atoms with van der Waals surface area (Å²) >= 11 is 5.85. The molecular weight excluding hydrogens is 256 g/mol. The first-order valence-corrected chi connectivity index (χ1v) is 6.11. The zero-order valence-electron chi connectivity index (χ0n) is 9.94. The first-order valence-electron chi connectivity index (χ1n) is 5.74. The zero-order valence-corrected chi connectivity index (χ0v) is 10.7. The van der Waals surface area contributed by atoms with Gasteiger partial charge in [-0.05, 0) is 25.1 Å². The molecule has 0 aliphatic carbocycles. The van der Waals surface area contributed by atoms with Crippen LogP contribution in [-0.2, 0) is 9.53 Å². The number of halogens is 1. The van der Waals surface area contributed by atoms with E-state index in [-0.39, 0.29) is 24.8 Å². The maximum absolute atomic E-state index is 12.2. The maximum atomic E-state index is 12.2. The number of ether oxygens (including phenoxy) is 2. The van der Waals surface area contributed by atoms with Gasteiger partial charge in [0.15, 0.2) is 5.78 Å². The lowest BCUT2D eigenvalue weighted by Crippen LogP contribution is -2.30. The topological polar surface area (TPSA) is 52.6 Å². The molecule has 2 rings (SSSR count). The number of ketones is 1. The first-order chi connectivity index (χ1) is 8.61. The molecule has 18 heavy (non-hydrogen) atoms. The van der Waals surface area contributed by atoms with Gasteiger partial charge in [-0.15, -0.1) is 0 Å². The monoisotopic (exact) mass is 268 g/mol. The molecule has 1 aromatic rings. The molecule has 5 heteroatoms. The van der Waals surface area contributed by atoms with Crippen molar-refractivity contribution in [2.45, 2.75) is 13.3 Å². The number of hydrogen-bond donors (Lipinski definition) is 0. The molecule has 1 aliphatic rings. The van der Waals surface area contributed by atoms with Gasteiger partial charge in [0.25, 0.3) is 0 Å². The smallest absolute Gasteiger partial charge is 0.306 e. The molecule has 96 valence electrons. The fourth-order valence-corrected chi connectivity index (χ4v) is 2.05. The van der Waals surface area contributed by atoms with E-state index in [1.54, 1.807) is 25.1 Å². The van der Waals surface area contributed by atoms with Crippen molar-refractivity contribution in [2.24, 2.45) is 5.92 Å². The lowest BCUT2D eigenvalue weighted by atomic mass is 9.92. The number of fused-ring (bicyclic) bond motifs is 1. The largest absolute Gasteiger partial charge is 0.492 e. The Balaban J connectivity index is 2.15. The van der Waals surface area contributed by atoms with Crippen molar-refractivity contribution >= 4 is 23.4 Å². The molecule has 0 amide bonds. The quantitative estimate of drug-likeness (QED) is 0.791. The zero-order chi connectivity index (χ0) is 13.1. The van der Waals surface area contributed by atoms with Crippen LogP contribution in [0.4, 0.5) is 0 Å². The summed E-state index contributed by atoms with van der Waals surface area (Å²) in [7, 11) is 0. The summed E-state index contributed by atoms with van der Waals surface area (Å²) in [6.07, 6.45) is 0.0403. The molecule has 1 aromatic carbocycles. The normalized spacial score (nSPS) is 17.9. The van der Waals surface area contributed by atoms with Crippen LogP contribution in [0.15, 0.2) is 18.2 Å². The first kappa shape index (κ1) is 12.9. The molecule has 4 nitrogen and oxygen atoms in total. The average Bonchev–Trinajstić information content (AvgIpc) is 2.34. The third-order valence-electron chi connectivity index (χ3n) is 2.74. The van der Waals surface area contributed by atoms with Gasteiger partial charge < -0.3 is 9.47 Å². The van der Waals surface area contributed by atoms with E-state index in [0.29, 0.717) is 22.9 Å². The summed E-state index contributed by atoms with van der Waals surface area (Å²) in [5, 5.41) is 0.475. The van der Waals surface area contributed by atoms with E-state index in [0.717, 1.165) is 0 Å². The lowest BCUT2D eigenvalue weighted by molar-refractivity contribution is -0.144. The predicted octanol–water partition coefficient (Wildman–Crippen LogP) is 2.48. The van der Waals surface area contributed by atoms with Crippen molar-refractivity contribution in [3.8, 4) is 5.75 Å². The SMILES string of the molecule is CCOC(=O)C[C@@H]1COc2ccc(Cl)cc2C1=O. The van der Waals surface area contributed by atoms with Crippen LogP contribution in [0.2, 0.25) is 5.02 Å². The Labute approximate surface area is 110 Å². The van der Waals surface area contributed by atoms with Crippen LogP contribution < -0.4 is 4.74 Å². The van der Waals surface area contributed by atoms with E-state index in [1.807, 2.05) is 0 Å². The molecule has 0 saturated carbocycles. The van der Waals surface area contributed by atoms with E-state index in [4.69, 9.17) is 21.1 Å². The van der Waals surface area contributed by atoms with Crippen molar-refractivity contribution in [3.05, 3.63) is 28.8 Å². The summed E-state index contributed by atoms with van der Waals surface area (Å²) in [6.45, 7) is 2.24. The van der Waals surface area contributed by atoms with Crippen molar-refractivity contribution in [3.63, 3.8) is 0 Å². The minimum absolute atomic E-state index is 0.0403. The van der Waals surface area contributed by atoms with E-state index in [2.05, 4.69) is 0 Å². The molecule has 0 spiro atoms. The van der Waals surface area contributed by atoms with Crippen LogP contribution in [0.5, 0.6) is 5.75 Å². The fourth-order valence-electron chi connectivity index (χ4n) is 1.88. The summed E-state index contributed by atoms with van der Waals surface area (Å²) in [6, 6.07) is 4.89. The van der Waals surface area contributed by atoms with Crippen molar-refractivity contribution in [1.29, 1.82) is 0 Å². The van der Waals surface area contributed by atoms with Crippen LogP contribution in [-0.4, -0.2) is 25.0 Å². The van der Waals surface area contributed by atoms with Gasteiger partial charge in [0.05, 0.1) is 31.1 Å². The minimum Gasteiger partial charge on any atom is -0.492 e. The van der Waals surface area contributed by atoms with Gasteiger partial charge in [-0.3, -0.25) is 9.59 Å². The number of carbonyl (C=O) groups is 2. The van der Waals surface area contributed by atoms with Gasteiger partial charge in [-0.2, -0.15) is 0 Å². The standard InChI is InChI=1S/C13H13ClO4/c1-2-17-12(15)5-8-7-18-11-4-3-9(14)6-10(11)13(8)16/h3-4,6,8H,2,5,7H2,1H3/t8-/m1/s1. The molecule has 0 fully saturated rings. The van der Waals surface area contributed by atoms with Gasteiger partial charge in [0.2, 0.25) is 0 Å². The number of benzene rings is 1.